The molecule has 0 amide bonds. The maximum Gasteiger partial charge on any atom is 0.0534 e. The molecule has 0 atom stereocenters. The second-order valence-corrected chi connectivity index (χ2v) is 4.53. The maximum absolute atomic E-state index is 9.16. The third-order valence-electron chi connectivity index (χ3n) is 3.20. The zero-order chi connectivity index (χ0) is 10.8. The van der Waals surface area contributed by atoms with E-state index in [9.17, 15) is 0 Å². The molecule has 0 unspecified atom stereocenters. The minimum absolute atomic E-state index is 0.164. The van der Waals surface area contributed by atoms with E-state index in [-0.39, 0.29) is 6.61 Å². The quantitative estimate of drug-likeness (QED) is 0.797. The number of benzene rings is 1. The van der Waals surface area contributed by atoms with Crippen LogP contribution < -0.4 is 0 Å². The van der Waals surface area contributed by atoms with E-state index in [1.807, 2.05) is 6.92 Å². The molecule has 81 valence electrons. The second kappa shape index (κ2) is 4.36. The van der Waals surface area contributed by atoms with Gasteiger partial charge in [-0.3, -0.25) is 0 Å². The van der Waals surface area contributed by atoms with Gasteiger partial charge < -0.3 is 5.11 Å². The summed E-state index contributed by atoms with van der Waals surface area (Å²) < 4.78 is 0. The normalized spacial score (nSPS) is 16.0. The average molecular weight is 203 g/mol. The standard InChI is InChI=1S/C14H19O/c1-3-11-6-13(10(2)9-15)8-14(7-11)12-4-5-12/h6-8,12,15H,3-5,9H2,1-2H3. The highest BCUT2D eigenvalue weighted by molar-refractivity contribution is 5.40. The first-order chi connectivity index (χ1) is 7.24. The Morgan fingerprint density at radius 2 is 2.07 bits per heavy atom. The lowest BCUT2D eigenvalue weighted by molar-refractivity contribution is 0.315. The van der Waals surface area contributed by atoms with Gasteiger partial charge in [0.1, 0.15) is 0 Å². The Labute approximate surface area is 92.1 Å². The predicted octanol–water partition coefficient (Wildman–Crippen LogP) is 3.06. The highest BCUT2D eigenvalue weighted by Gasteiger charge is 2.24. The fourth-order valence-electron chi connectivity index (χ4n) is 1.91. The van der Waals surface area contributed by atoms with Crippen molar-refractivity contribution in [3.05, 3.63) is 40.8 Å². The van der Waals surface area contributed by atoms with Gasteiger partial charge in [0.05, 0.1) is 6.61 Å². The van der Waals surface area contributed by atoms with Crippen molar-refractivity contribution in [1.29, 1.82) is 0 Å². The molecule has 0 aromatic heterocycles. The summed E-state index contributed by atoms with van der Waals surface area (Å²) in [6.07, 6.45) is 3.75. The van der Waals surface area contributed by atoms with Gasteiger partial charge in [-0.1, -0.05) is 32.0 Å². The summed E-state index contributed by atoms with van der Waals surface area (Å²) in [5.74, 6) is 1.87. The maximum atomic E-state index is 9.16. The number of aliphatic hydroxyl groups excluding tert-OH is 1. The van der Waals surface area contributed by atoms with Crippen LogP contribution in [0.3, 0.4) is 0 Å². The number of hydrogen-bond donors (Lipinski definition) is 1. The molecule has 1 fully saturated rings. The van der Waals surface area contributed by atoms with Crippen LogP contribution in [0.4, 0.5) is 0 Å². The fourth-order valence-corrected chi connectivity index (χ4v) is 1.91. The van der Waals surface area contributed by atoms with E-state index in [0.29, 0.717) is 0 Å². The van der Waals surface area contributed by atoms with Gasteiger partial charge in [0.15, 0.2) is 0 Å². The van der Waals surface area contributed by atoms with Gasteiger partial charge in [0.2, 0.25) is 0 Å². The summed E-state index contributed by atoms with van der Waals surface area (Å²) in [5, 5.41) is 9.16. The highest BCUT2D eigenvalue weighted by atomic mass is 16.3. The van der Waals surface area contributed by atoms with Crippen molar-refractivity contribution in [2.45, 2.75) is 39.0 Å². The molecule has 1 nitrogen and oxygen atoms in total. The summed E-state index contributed by atoms with van der Waals surface area (Å²) in [5.41, 5.74) is 4.08. The van der Waals surface area contributed by atoms with Crippen LogP contribution in [0.15, 0.2) is 18.2 Å². The van der Waals surface area contributed by atoms with Crippen molar-refractivity contribution in [2.75, 3.05) is 6.61 Å². The molecule has 1 N–H and O–H groups in total. The van der Waals surface area contributed by atoms with Crippen LogP contribution in [0, 0.1) is 5.92 Å². The molecule has 1 aliphatic carbocycles. The zero-order valence-corrected chi connectivity index (χ0v) is 9.59. The first kappa shape index (κ1) is 10.7. The van der Waals surface area contributed by atoms with Crippen LogP contribution in [0.2, 0.25) is 0 Å². The molecule has 2 rings (SSSR count). The Bertz CT molecular complexity index is 339. The molecule has 0 heterocycles. The van der Waals surface area contributed by atoms with Crippen LogP contribution in [0.1, 0.15) is 49.3 Å². The van der Waals surface area contributed by atoms with Gasteiger partial charge >= 0.3 is 0 Å². The molecular weight excluding hydrogens is 184 g/mol. The lowest BCUT2D eigenvalue weighted by Crippen LogP contribution is -2.02. The summed E-state index contributed by atoms with van der Waals surface area (Å²) in [6.45, 7) is 4.35. The van der Waals surface area contributed by atoms with E-state index in [2.05, 4.69) is 25.1 Å². The largest absolute Gasteiger partial charge is 0.395 e. The molecule has 1 heteroatoms. The molecule has 15 heavy (non-hydrogen) atoms. The van der Waals surface area contributed by atoms with Crippen molar-refractivity contribution in [1.82, 2.24) is 0 Å². The van der Waals surface area contributed by atoms with Gasteiger partial charge in [-0.2, -0.15) is 0 Å². The van der Waals surface area contributed by atoms with E-state index in [0.717, 1.165) is 18.3 Å². The summed E-state index contributed by atoms with van der Waals surface area (Å²) in [4.78, 5) is 0. The van der Waals surface area contributed by atoms with Crippen molar-refractivity contribution >= 4 is 0 Å². The summed E-state index contributed by atoms with van der Waals surface area (Å²) in [7, 11) is 0. The van der Waals surface area contributed by atoms with Crippen LogP contribution >= 0.6 is 0 Å². The van der Waals surface area contributed by atoms with Crippen molar-refractivity contribution in [3.63, 3.8) is 0 Å². The van der Waals surface area contributed by atoms with Crippen LogP contribution in [-0.2, 0) is 6.42 Å². The van der Waals surface area contributed by atoms with Crippen molar-refractivity contribution < 1.29 is 5.11 Å². The monoisotopic (exact) mass is 203 g/mol. The van der Waals surface area contributed by atoms with Crippen LogP contribution in [0.5, 0.6) is 0 Å². The van der Waals surface area contributed by atoms with E-state index in [1.165, 1.54) is 29.5 Å². The van der Waals surface area contributed by atoms with E-state index in [4.69, 9.17) is 5.11 Å². The molecule has 0 saturated heterocycles. The predicted molar refractivity (Wildman–Crippen MR) is 62.9 cm³/mol. The molecule has 1 radical (unpaired) electrons. The molecular formula is C14H19O. The molecule has 1 aromatic rings. The van der Waals surface area contributed by atoms with E-state index < -0.39 is 0 Å². The summed E-state index contributed by atoms with van der Waals surface area (Å²) in [6, 6.07) is 6.78. The molecule has 1 aromatic carbocycles. The zero-order valence-electron chi connectivity index (χ0n) is 9.59. The smallest absolute Gasteiger partial charge is 0.0534 e. The third kappa shape index (κ3) is 2.40. The Hall–Kier alpha value is -0.820. The fraction of sp³-hybridized carbons (Fsp3) is 0.500. The SMILES string of the molecule is CCc1cc([C](C)CO)cc(C2CC2)c1. The Kier molecular flexibility index (Phi) is 3.11. The van der Waals surface area contributed by atoms with Crippen molar-refractivity contribution in [3.8, 4) is 0 Å². The van der Waals surface area contributed by atoms with Crippen LogP contribution in [0.25, 0.3) is 0 Å². The lowest BCUT2D eigenvalue weighted by atomic mass is 9.94. The van der Waals surface area contributed by atoms with Crippen molar-refractivity contribution in [2.24, 2.45) is 0 Å². The molecule has 0 spiro atoms. The van der Waals surface area contributed by atoms with Gasteiger partial charge in [0, 0.05) is 5.92 Å². The second-order valence-electron chi connectivity index (χ2n) is 4.53. The Morgan fingerprint density at radius 3 is 2.60 bits per heavy atom. The molecule has 0 aliphatic heterocycles. The third-order valence-corrected chi connectivity index (χ3v) is 3.20. The molecule has 0 bridgehead atoms. The van der Waals surface area contributed by atoms with Gasteiger partial charge in [-0.05, 0) is 41.9 Å². The Balaban J connectivity index is 2.32. The number of aryl methyl sites for hydroxylation is 1. The number of hydrogen-bond acceptors (Lipinski definition) is 1. The average Bonchev–Trinajstić information content (AvgIpc) is 3.11. The van der Waals surface area contributed by atoms with E-state index >= 15 is 0 Å². The number of rotatable bonds is 4. The van der Waals surface area contributed by atoms with Gasteiger partial charge in [-0.15, -0.1) is 0 Å². The molecule has 1 aliphatic rings. The van der Waals surface area contributed by atoms with Gasteiger partial charge in [-0.25, -0.2) is 0 Å². The summed E-state index contributed by atoms with van der Waals surface area (Å²) >= 11 is 0. The van der Waals surface area contributed by atoms with E-state index in [1.54, 1.807) is 0 Å². The first-order valence-electron chi connectivity index (χ1n) is 5.82. The minimum Gasteiger partial charge on any atom is -0.395 e. The lowest BCUT2D eigenvalue weighted by Gasteiger charge is -2.12. The first-order valence-corrected chi connectivity index (χ1v) is 5.82. The van der Waals surface area contributed by atoms with Crippen LogP contribution in [-0.4, -0.2) is 11.7 Å². The Morgan fingerprint density at radius 1 is 1.33 bits per heavy atom. The van der Waals surface area contributed by atoms with Gasteiger partial charge in [0.25, 0.3) is 0 Å². The highest BCUT2D eigenvalue weighted by Crippen LogP contribution is 2.41. The minimum atomic E-state index is 0.164. The number of aliphatic hydroxyl groups is 1. The molecule has 1 saturated carbocycles. The topological polar surface area (TPSA) is 20.2 Å².